The van der Waals surface area contributed by atoms with Crippen LogP contribution in [0.5, 0.6) is 0 Å². The Bertz CT molecular complexity index is 852. The van der Waals surface area contributed by atoms with E-state index in [2.05, 4.69) is 26.6 Å². The SMILES string of the molecule is C[C@H](CO)NC(=O)C[C@H]1CNC(=O)c2cc(-c3cccc(F)c3)c(Br)n21. The van der Waals surface area contributed by atoms with Crippen LogP contribution in [0.3, 0.4) is 0 Å². The van der Waals surface area contributed by atoms with E-state index in [9.17, 15) is 14.0 Å². The van der Waals surface area contributed by atoms with E-state index in [0.29, 0.717) is 28.0 Å². The summed E-state index contributed by atoms with van der Waals surface area (Å²) in [6.45, 7) is 1.87. The minimum absolute atomic E-state index is 0.144. The maximum absolute atomic E-state index is 13.6. The fourth-order valence-electron chi connectivity index (χ4n) is 3.04. The summed E-state index contributed by atoms with van der Waals surface area (Å²) in [4.78, 5) is 24.4. The van der Waals surface area contributed by atoms with Gasteiger partial charge in [-0.1, -0.05) is 12.1 Å². The van der Waals surface area contributed by atoms with Gasteiger partial charge in [0.05, 0.1) is 17.3 Å². The molecule has 2 aromatic rings. The van der Waals surface area contributed by atoms with Crippen LogP contribution in [0.4, 0.5) is 4.39 Å². The Morgan fingerprint density at radius 2 is 2.27 bits per heavy atom. The quantitative estimate of drug-likeness (QED) is 0.689. The van der Waals surface area contributed by atoms with Crippen LogP contribution in [-0.4, -0.2) is 40.7 Å². The first kappa shape index (κ1) is 18.6. The van der Waals surface area contributed by atoms with Crippen LogP contribution < -0.4 is 10.6 Å². The van der Waals surface area contributed by atoms with E-state index in [0.717, 1.165) is 0 Å². The van der Waals surface area contributed by atoms with Gasteiger partial charge in [0.2, 0.25) is 5.91 Å². The summed E-state index contributed by atoms with van der Waals surface area (Å²) in [5, 5.41) is 14.5. The van der Waals surface area contributed by atoms with Crippen LogP contribution in [-0.2, 0) is 4.79 Å². The Morgan fingerprint density at radius 1 is 1.50 bits per heavy atom. The minimum atomic E-state index is -0.364. The standard InChI is InChI=1S/C18H19BrFN3O3/c1-10(9-24)22-16(25)6-13-8-21-18(26)15-7-14(17(19)23(13)15)11-3-2-4-12(20)5-11/h2-5,7,10,13,24H,6,8-9H2,1H3,(H,21,26)(H,22,25)/t10-,13+/m1/s1. The Morgan fingerprint density at radius 3 is 2.96 bits per heavy atom. The van der Waals surface area contributed by atoms with Crippen molar-refractivity contribution in [1.82, 2.24) is 15.2 Å². The molecule has 138 valence electrons. The van der Waals surface area contributed by atoms with Crippen molar-refractivity contribution in [3.8, 4) is 11.1 Å². The van der Waals surface area contributed by atoms with Crippen LogP contribution >= 0.6 is 15.9 Å². The van der Waals surface area contributed by atoms with Crippen molar-refractivity contribution in [2.75, 3.05) is 13.2 Å². The number of nitrogens with one attached hydrogen (secondary N) is 2. The molecule has 2 heterocycles. The molecule has 0 bridgehead atoms. The van der Waals surface area contributed by atoms with Crippen molar-refractivity contribution in [1.29, 1.82) is 0 Å². The molecule has 1 aromatic heterocycles. The number of benzene rings is 1. The van der Waals surface area contributed by atoms with E-state index >= 15 is 0 Å². The first-order chi connectivity index (χ1) is 12.4. The lowest BCUT2D eigenvalue weighted by Crippen LogP contribution is -2.42. The molecule has 0 fully saturated rings. The maximum Gasteiger partial charge on any atom is 0.268 e. The fourth-order valence-corrected chi connectivity index (χ4v) is 3.86. The van der Waals surface area contributed by atoms with Gasteiger partial charge in [-0.2, -0.15) is 0 Å². The predicted octanol–water partition coefficient (Wildman–Crippen LogP) is 2.23. The van der Waals surface area contributed by atoms with Crippen molar-refractivity contribution in [2.24, 2.45) is 0 Å². The number of hydrogen-bond donors (Lipinski definition) is 3. The Labute approximate surface area is 158 Å². The number of aliphatic hydroxyl groups is 1. The summed E-state index contributed by atoms with van der Waals surface area (Å²) in [6, 6.07) is 7.19. The van der Waals surface area contributed by atoms with Gasteiger partial charge in [-0.25, -0.2) is 4.39 Å². The van der Waals surface area contributed by atoms with Gasteiger partial charge >= 0.3 is 0 Å². The second-order valence-electron chi connectivity index (χ2n) is 6.33. The van der Waals surface area contributed by atoms with Crippen LogP contribution in [0.15, 0.2) is 34.9 Å². The highest BCUT2D eigenvalue weighted by Gasteiger charge is 2.30. The molecular weight excluding hydrogens is 405 g/mol. The number of amides is 2. The molecule has 0 spiro atoms. The largest absolute Gasteiger partial charge is 0.394 e. The van der Waals surface area contributed by atoms with Gasteiger partial charge < -0.3 is 20.3 Å². The van der Waals surface area contributed by atoms with Crippen LogP contribution in [0.25, 0.3) is 11.1 Å². The number of rotatable bonds is 5. The Kier molecular flexibility index (Phi) is 5.43. The van der Waals surface area contributed by atoms with Crippen molar-refractivity contribution < 1.29 is 19.1 Å². The number of carbonyl (C=O) groups is 2. The van der Waals surface area contributed by atoms with Crippen molar-refractivity contribution >= 4 is 27.7 Å². The molecule has 6 nitrogen and oxygen atoms in total. The highest BCUT2D eigenvalue weighted by Crippen LogP contribution is 2.36. The zero-order valence-corrected chi connectivity index (χ0v) is 15.7. The number of carbonyl (C=O) groups excluding carboxylic acids is 2. The highest BCUT2D eigenvalue weighted by atomic mass is 79.9. The highest BCUT2D eigenvalue weighted by molar-refractivity contribution is 9.10. The van der Waals surface area contributed by atoms with E-state index in [4.69, 9.17) is 5.11 Å². The molecule has 1 aliphatic heterocycles. The Hall–Kier alpha value is -2.19. The monoisotopic (exact) mass is 423 g/mol. The van der Waals surface area contributed by atoms with E-state index < -0.39 is 0 Å². The van der Waals surface area contributed by atoms with E-state index in [1.165, 1.54) is 12.1 Å². The average molecular weight is 424 g/mol. The second kappa shape index (κ2) is 7.59. The van der Waals surface area contributed by atoms with Crippen molar-refractivity contribution in [2.45, 2.75) is 25.4 Å². The van der Waals surface area contributed by atoms with Crippen molar-refractivity contribution in [3.63, 3.8) is 0 Å². The molecule has 1 aliphatic rings. The lowest BCUT2D eigenvalue weighted by atomic mass is 10.1. The van der Waals surface area contributed by atoms with E-state index in [1.807, 2.05) is 0 Å². The third-order valence-electron chi connectivity index (χ3n) is 4.31. The van der Waals surface area contributed by atoms with Gasteiger partial charge in [-0.15, -0.1) is 0 Å². The third-order valence-corrected chi connectivity index (χ3v) is 5.12. The number of nitrogens with zero attached hydrogens (tertiary/aromatic N) is 1. The normalized spacial score (nSPS) is 17.4. The maximum atomic E-state index is 13.6. The molecule has 0 saturated carbocycles. The van der Waals surface area contributed by atoms with Gasteiger partial charge in [0.25, 0.3) is 5.91 Å². The number of fused-ring (bicyclic) bond motifs is 1. The van der Waals surface area contributed by atoms with Crippen LogP contribution in [0.2, 0.25) is 0 Å². The molecular formula is C18H19BrFN3O3. The molecule has 0 unspecified atom stereocenters. The first-order valence-electron chi connectivity index (χ1n) is 8.25. The molecule has 0 saturated heterocycles. The number of aliphatic hydroxyl groups excluding tert-OH is 1. The second-order valence-corrected chi connectivity index (χ2v) is 7.08. The smallest absolute Gasteiger partial charge is 0.268 e. The van der Waals surface area contributed by atoms with Gasteiger partial charge in [-0.3, -0.25) is 9.59 Å². The molecule has 26 heavy (non-hydrogen) atoms. The van der Waals surface area contributed by atoms with E-state index in [1.54, 1.807) is 29.7 Å². The summed E-state index contributed by atoms with van der Waals surface area (Å²) < 4.78 is 16.0. The molecule has 2 amide bonds. The molecule has 2 atom stereocenters. The number of halogens is 2. The topological polar surface area (TPSA) is 83.4 Å². The van der Waals surface area contributed by atoms with Crippen molar-refractivity contribution in [3.05, 3.63) is 46.4 Å². The average Bonchev–Trinajstić information content (AvgIpc) is 2.96. The van der Waals surface area contributed by atoms with Gasteiger partial charge in [0.15, 0.2) is 0 Å². The Balaban J connectivity index is 1.94. The molecule has 3 N–H and O–H groups in total. The lowest BCUT2D eigenvalue weighted by Gasteiger charge is -2.27. The number of hydrogen-bond acceptors (Lipinski definition) is 3. The zero-order chi connectivity index (χ0) is 18.8. The van der Waals surface area contributed by atoms with Crippen LogP contribution in [0.1, 0.15) is 29.9 Å². The lowest BCUT2D eigenvalue weighted by molar-refractivity contribution is -0.122. The predicted molar refractivity (Wildman–Crippen MR) is 98.2 cm³/mol. The molecule has 8 heteroatoms. The number of aromatic nitrogens is 1. The summed E-state index contributed by atoms with van der Waals surface area (Å²) in [5.41, 5.74) is 1.74. The summed E-state index contributed by atoms with van der Waals surface area (Å²) in [6.07, 6.45) is 0.146. The first-order valence-corrected chi connectivity index (χ1v) is 9.05. The fraction of sp³-hybridized carbons (Fsp3) is 0.333. The molecule has 3 rings (SSSR count). The summed E-state index contributed by atoms with van der Waals surface area (Å²) >= 11 is 3.51. The zero-order valence-electron chi connectivity index (χ0n) is 14.1. The molecule has 1 aromatic carbocycles. The summed E-state index contributed by atoms with van der Waals surface area (Å²) in [7, 11) is 0. The van der Waals surface area contributed by atoms with Gasteiger partial charge in [-0.05, 0) is 46.6 Å². The minimum Gasteiger partial charge on any atom is -0.394 e. The molecule has 0 radical (unpaired) electrons. The molecule has 0 aliphatic carbocycles. The van der Waals surface area contributed by atoms with Gasteiger partial charge in [0, 0.05) is 24.6 Å². The van der Waals surface area contributed by atoms with E-state index in [-0.39, 0.29) is 42.7 Å². The van der Waals surface area contributed by atoms with Crippen LogP contribution in [0, 0.1) is 5.82 Å². The summed E-state index contributed by atoms with van der Waals surface area (Å²) in [5.74, 6) is -0.822. The third kappa shape index (κ3) is 3.66. The van der Waals surface area contributed by atoms with Gasteiger partial charge in [0.1, 0.15) is 11.5 Å².